The molecule has 0 atom stereocenters. The maximum absolute atomic E-state index is 5.70. The van der Waals surface area contributed by atoms with E-state index in [1.165, 1.54) is 11.3 Å². The number of ether oxygens (including phenoxy) is 2. The Morgan fingerprint density at radius 1 is 1.00 bits per heavy atom. The quantitative estimate of drug-likeness (QED) is 0.555. The number of hydrogen-bond donors (Lipinski definition) is 1. The van der Waals surface area contributed by atoms with Crippen molar-refractivity contribution in [2.75, 3.05) is 64.5 Å². The van der Waals surface area contributed by atoms with Gasteiger partial charge in [-0.2, -0.15) is 0 Å². The van der Waals surface area contributed by atoms with Gasteiger partial charge < -0.3 is 24.6 Å². The fourth-order valence-electron chi connectivity index (χ4n) is 4.79. The normalized spacial score (nSPS) is 19.0. The van der Waals surface area contributed by atoms with Crippen molar-refractivity contribution in [1.29, 1.82) is 0 Å². The van der Waals surface area contributed by atoms with Gasteiger partial charge in [0.15, 0.2) is 5.96 Å². The molecule has 0 spiro atoms. The van der Waals surface area contributed by atoms with E-state index in [9.17, 15) is 0 Å². The molecule has 2 aromatic carbocycles. The Labute approximate surface area is 192 Å². The van der Waals surface area contributed by atoms with E-state index in [0.29, 0.717) is 0 Å². The van der Waals surface area contributed by atoms with Crippen molar-refractivity contribution in [2.45, 2.75) is 25.2 Å². The summed E-state index contributed by atoms with van der Waals surface area (Å²) >= 11 is 0. The Kier molecular flexibility index (Phi) is 7.53. The Morgan fingerprint density at radius 2 is 1.69 bits per heavy atom. The van der Waals surface area contributed by atoms with Gasteiger partial charge in [0.05, 0.1) is 19.3 Å². The van der Waals surface area contributed by atoms with Crippen LogP contribution in [0.5, 0.6) is 5.75 Å². The minimum atomic E-state index is 0.0550. The lowest BCUT2D eigenvalue weighted by atomic mass is 9.74. The Balaban J connectivity index is 1.47. The van der Waals surface area contributed by atoms with Crippen molar-refractivity contribution in [3.8, 4) is 5.75 Å². The molecule has 0 bridgehead atoms. The van der Waals surface area contributed by atoms with Crippen molar-refractivity contribution in [2.24, 2.45) is 4.99 Å². The molecule has 0 aliphatic carbocycles. The SMILES string of the molecule is CCNC(=NCC1(c2ccccc2)CCOCC1)N1CCN(c2ccccc2OC)CC1. The lowest BCUT2D eigenvalue weighted by Crippen LogP contribution is -2.53. The van der Waals surface area contributed by atoms with Crippen molar-refractivity contribution in [3.63, 3.8) is 0 Å². The summed E-state index contributed by atoms with van der Waals surface area (Å²) in [6.45, 7) is 9.17. The second kappa shape index (κ2) is 10.7. The van der Waals surface area contributed by atoms with Gasteiger partial charge >= 0.3 is 0 Å². The number of anilines is 1. The first kappa shape index (κ1) is 22.5. The number of guanidine groups is 1. The monoisotopic (exact) mass is 436 g/mol. The van der Waals surface area contributed by atoms with Crippen molar-refractivity contribution in [3.05, 3.63) is 60.2 Å². The summed E-state index contributed by atoms with van der Waals surface area (Å²) in [5.74, 6) is 1.96. The Bertz CT molecular complexity index is 872. The molecule has 32 heavy (non-hydrogen) atoms. The number of rotatable bonds is 6. The second-order valence-corrected chi connectivity index (χ2v) is 8.57. The maximum atomic E-state index is 5.70. The molecule has 0 saturated carbocycles. The summed E-state index contributed by atoms with van der Waals surface area (Å²) in [5, 5.41) is 3.54. The van der Waals surface area contributed by atoms with Crippen LogP contribution in [-0.4, -0.2) is 70.5 Å². The largest absolute Gasteiger partial charge is 0.495 e. The topological polar surface area (TPSA) is 49.3 Å². The van der Waals surface area contributed by atoms with Crippen LogP contribution in [0.3, 0.4) is 0 Å². The van der Waals surface area contributed by atoms with Gasteiger partial charge in [-0.3, -0.25) is 4.99 Å². The van der Waals surface area contributed by atoms with E-state index in [2.05, 4.69) is 64.5 Å². The molecule has 1 N–H and O–H groups in total. The number of methoxy groups -OCH3 is 1. The predicted octanol–water partition coefficient (Wildman–Crippen LogP) is 3.53. The van der Waals surface area contributed by atoms with Crippen LogP contribution in [0.25, 0.3) is 0 Å². The highest BCUT2D eigenvalue weighted by Crippen LogP contribution is 2.35. The molecular formula is C26H36N4O2. The van der Waals surface area contributed by atoms with Gasteiger partial charge in [0.2, 0.25) is 0 Å². The molecule has 0 radical (unpaired) electrons. The second-order valence-electron chi connectivity index (χ2n) is 8.57. The van der Waals surface area contributed by atoms with Crippen molar-refractivity contribution < 1.29 is 9.47 Å². The number of nitrogens with zero attached hydrogens (tertiary/aromatic N) is 3. The smallest absolute Gasteiger partial charge is 0.194 e. The van der Waals surface area contributed by atoms with Gasteiger partial charge in [-0.05, 0) is 37.5 Å². The molecule has 2 aromatic rings. The first-order valence-corrected chi connectivity index (χ1v) is 11.8. The summed E-state index contributed by atoms with van der Waals surface area (Å²) in [4.78, 5) is 9.98. The van der Waals surface area contributed by atoms with E-state index >= 15 is 0 Å². The van der Waals surface area contributed by atoms with Gasteiger partial charge in [0, 0.05) is 51.4 Å². The fourth-order valence-corrected chi connectivity index (χ4v) is 4.79. The highest BCUT2D eigenvalue weighted by molar-refractivity contribution is 5.80. The summed E-state index contributed by atoms with van der Waals surface area (Å²) < 4.78 is 11.3. The maximum Gasteiger partial charge on any atom is 0.194 e. The third kappa shape index (κ3) is 5.01. The molecule has 2 saturated heterocycles. The highest BCUT2D eigenvalue weighted by Gasteiger charge is 2.34. The number of piperazine rings is 1. The molecule has 4 rings (SSSR count). The van der Waals surface area contributed by atoms with Crippen LogP contribution in [-0.2, 0) is 10.2 Å². The van der Waals surface area contributed by atoms with Crippen LogP contribution >= 0.6 is 0 Å². The summed E-state index contributed by atoms with van der Waals surface area (Å²) in [6, 6.07) is 19.1. The lowest BCUT2D eigenvalue weighted by Gasteiger charge is -2.39. The number of aliphatic imine (C=N–C) groups is 1. The molecule has 2 aliphatic rings. The lowest BCUT2D eigenvalue weighted by molar-refractivity contribution is 0.0530. The molecular weight excluding hydrogens is 400 g/mol. The van der Waals surface area contributed by atoms with Crippen LogP contribution in [0, 0.1) is 0 Å². The van der Waals surface area contributed by atoms with E-state index in [4.69, 9.17) is 14.5 Å². The van der Waals surface area contributed by atoms with Crippen LogP contribution in [0.2, 0.25) is 0 Å². The third-order valence-corrected chi connectivity index (χ3v) is 6.71. The molecule has 0 aromatic heterocycles. The molecule has 0 unspecified atom stereocenters. The molecule has 0 amide bonds. The van der Waals surface area contributed by atoms with Gasteiger partial charge in [-0.25, -0.2) is 0 Å². The summed E-state index contributed by atoms with van der Waals surface area (Å²) in [6.07, 6.45) is 2.03. The van der Waals surface area contributed by atoms with Gasteiger partial charge in [0.25, 0.3) is 0 Å². The van der Waals surface area contributed by atoms with Crippen molar-refractivity contribution in [1.82, 2.24) is 10.2 Å². The van der Waals surface area contributed by atoms with E-state index in [1.807, 2.05) is 12.1 Å². The first-order valence-electron chi connectivity index (χ1n) is 11.8. The zero-order valence-corrected chi connectivity index (χ0v) is 19.4. The minimum Gasteiger partial charge on any atom is -0.495 e. The zero-order valence-electron chi connectivity index (χ0n) is 19.4. The van der Waals surface area contributed by atoms with E-state index in [0.717, 1.165) is 77.0 Å². The average molecular weight is 437 g/mol. The first-order chi connectivity index (χ1) is 15.8. The summed E-state index contributed by atoms with van der Waals surface area (Å²) in [7, 11) is 1.74. The molecule has 2 aliphatic heterocycles. The standard InChI is InChI=1S/C26H36N4O2/c1-3-27-25(28-21-26(13-19-32-20-14-26)22-9-5-4-6-10-22)30-17-15-29(16-18-30)23-11-7-8-12-24(23)31-2/h4-12H,3,13-21H2,1-2H3,(H,27,28). The average Bonchev–Trinajstić information content (AvgIpc) is 2.88. The van der Waals surface area contributed by atoms with Crippen molar-refractivity contribution >= 4 is 11.6 Å². The third-order valence-electron chi connectivity index (χ3n) is 6.71. The van der Waals surface area contributed by atoms with Crippen LogP contribution < -0.4 is 15.0 Å². The molecule has 2 fully saturated rings. The Morgan fingerprint density at radius 3 is 2.38 bits per heavy atom. The zero-order chi connectivity index (χ0) is 22.2. The number of hydrogen-bond acceptors (Lipinski definition) is 4. The number of para-hydroxylation sites is 2. The van der Waals surface area contributed by atoms with E-state index in [-0.39, 0.29) is 5.41 Å². The number of benzene rings is 2. The van der Waals surface area contributed by atoms with E-state index < -0.39 is 0 Å². The molecule has 2 heterocycles. The Hall–Kier alpha value is -2.73. The fraction of sp³-hybridized carbons (Fsp3) is 0.500. The highest BCUT2D eigenvalue weighted by atomic mass is 16.5. The van der Waals surface area contributed by atoms with Crippen LogP contribution in [0.4, 0.5) is 5.69 Å². The van der Waals surface area contributed by atoms with Gasteiger partial charge in [-0.1, -0.05) is 42.5 Å². The minimum absolute atomic E-state index is 0.0550. The molecule has 6 heteroatoms. The van der Waals surface area contributed by atoms with Gasteiger partial charge in [-0.15, -0.1) is 0 Å². The molecule has 172 valence electrons. The summed E-state index contributed by atoms with van der Waals surface area (Å²) in [5.41, 5.74) is 2.60. The van der Waals surface area contributed by atoms with Gasteiger partial charge in [0.1, 0.15) is 5.75 Å². The van der Waals surface area contributed by atoms with E-state index in [1.54, 1.807) is 7.11 Å². The molecule has 6 nitrogen and oxygen atoms in total. The predicted molar refractivity (Wildman–Crippen MR) is 131 cm³/mol. The van der Waals surface area contributed by atoms with Crippen LogP contribution in [0.1, 0.15) is 25.3 Å². The number of nitrogens with one attached hydrogen (secondary N) is 1. The van der Waals surface area contributed by atoms with Crippen LogP contribution in [0.15, 0.2) is 59.6 Å².